The number of nitrogens with one attached hydrogen (secondary N) is 1. The molecule has 3 rings (SSSR count). The molecule has 1 atom stereocenters. The average Bonchev–Trinajstić information content (AvgIpc) is 3.10. The van der Waals surface area contributed by atoms with Gasteiger partial charge in [0.15, 0.2) is 0 Å². The van der Waals surface area contributed by atoms with Crippen LogP contribution in [0.4, 0.5) is 0 Å². The van der Waals surface area contributed by atoms with E-state index in [-0.39, 0.29) is 18.2 Å². The molecule has 0 radical (unpaired) electrons. The summed E-state index contributed by atoms with van der Waals surface area (Å²) in [4.78, 5) is 34.9. The van der Waals surface area contributed by atoms with Crippen molar-refractivity contribution >= 4 is 27.5 Å². The number of H-pyrrole nitrogens is 1. The van der Waals surface area contributed by atoms with Crippen LogP contribution in [0.3, 0.4) is 0 Å². The van der Waals surface area contributed by atoms with Crippen molar-refractivity contribution in [3.8, 4) is 0 Å². The van der Waals surface area contributed by atoms with Crippen molar-refractivity contribution in [2.24, 2.45) is 0 Å². The second-order valence-corrected chi connectivity index (χ2v) is 8.92. The minimum atomic E-state index is -0.688. The number of thiophene rings is 1. The van der Waals surface area contributed by atoms with Gasteiger partial charge in [0.25, 0.3) is 5.56 Å². The van der Waals surface area contributed by atoms with Gasteiger partial charge in [0.2, 0.25) is 0 Å². The van der Waals surface area contributed by atoms with E-state index < -0.39 is 12.1 Å². The Bertz CT molecular complexity index is 1110. The molecule has 2 N–H and O–H groups in total. The van der Waals surface area contributed by atoms with Crippen molar-refractivity contribution in [3.63, 3.8) is 0 Å². The van der Waals surface area contributed by atoms with Crippen LogP contribution in [-0.2, 0) is 22.6 Å². The maximum absolute atomic E-state index is 12.7. The topological polar surface area (TPSA) is 105 Å². The van der Waals surface area contributed by atoms with Crippen LogP contribution in [-0.4, -0.2) is 58.4 Å². The van der Waals surface area contributed by atoms with Crippen LogP contribution in [0.5, 0.6) is 0 Å². The Balaban J connectivity index is 1.68. The van der Waals surface area contributed by atoms with Gasteiger partial charge in [-0.25, -0.2) is 9.78 Å². The largest absolute Gasteiger partial charge is 0.465 e. The standard InChI is InChI=1S/C23H29N3O5S/c1-14(2)26(10-17(27)13-31-12-16-8-6-5-7-9-16)11-18-24-21(28)19-15(3)20(23(29)30-4)32-22(19)25-18/h5-9,14,17,27H,10-13H2,1-4H3,(H,24,25,28)/t17-/m0/s1. The summed E-state index contributed by atoms with van der Waals surface area (Å²) < 4.78 is 10.4. The minimum absolute atomic E-state index is 0.107. The van der Waals surface area contributed by atoms with Gasteiger partial charge in [-0.05, 0) is 31.9 Å². The Kier molecular flexibility index (Phi) is 8.14. The molecule has 0 saturated carbocycles. The molecule has 0 aliphatic rings. The molecule has 0 spiro atoms. The number of carbonyl (C=O) groups is 1. The zero-order chi connectivity index (χ0) is 23.3. The van der Waals surface area contributed by atoms with Gasteiger partial charge in [-0.2, -0.15) is 0 Å². The lowest BCUT2D eigenvalue weighted by Gasteiger charge is -2.28. The maximum atomic E-state index is 12.7. The zero-order valence-electron chi connectivity index (χ0n) is 18.8. The smallest absolute Gasteiger partial charge is 0.348 e. The van der Waals surface area contributed by atoms with Crippen LogP contribution in [0.1, 0.15) is 40.5 Å². The fraction of sp³-hybridized carbons (Fsp3) is 0.435. The van der Waals surface area contributed by atoms with Crippen molar-refractivity contribution in [2.75, 3.05) is 20.3 Å². The number of aromatic amines is 1. The Labute approximate surface area is 190 Å². The van der Waals surface area contributed by atoms with Gasteiger partial charge in [-0.1, -0.05) is 30.3 Å². The van der Waals surface area contributed by atoms with Crippen LogP contribution >= 0.6 is 11.3 Å². The summed E-state index contributed by atoms with van der Waals surface area (Å²) in [7, 11) is 1.31. The Morgan fingerprint density at radius 2 is 2.00 bits per heavy atom. The predicted molar refractivity (Wildman–Crippen MR) is 124 cm³/mol. The number of benzene rings is 1. The second kappa shape index (κ2) is 10.8. The van der Waals surface area contributed by atoms with Crippen LogP contribution < -0.4 is 5.56 Å². The summed E-state index contributed by atoms with van der Waals surface area (Å²) in [6.07, 6.45) is -0.688. The SMILES string of the molecule is COC(=O)c1sc2nc(CN(C[C@H](O)COCc3ccccc3)C(C)C)[nH]c(=O)c2c1C. The molecule has 32 heavy (non-hydrogen) atoms. The Hall–Kier alpha value is -2.59. The number of aryl methyl sites for hydroxylation is 1. The van der Waals surface area contributed by atoms with Gasteiger partial charge in [-0.15, -0.1) is 11.3 Å². The monoisotopic (exact) mass is 459 g/mol. The number of aliphatic hydroxyl groups is 1. The molecule has 172 valence electrons. The molecule has 0 aliphatic carbocycles. The first-order chi connectivity index (χ1) is 15.3. The minimum Gasteiger partial charge on any atom is -0.465 e. The number of nitrogens with zero attached hydrogens (tertiary/aromatic N) is 2. The Morgan fingerprint density at radius 1 is 1.28 bits per heavy atom. The molecule has 3 aromatic rings. The number of fused-ring (bicyclic) bond motifs is 1. The van der Waals surface area contributed by atoms with Gasteiger partial charge in [0, 0.05) is 12.6 Å². The number of methoxy groups -OCH3 is 1. The summed E-state index contributed by atoms with van der Waals surface area (Å²) in [6.45, 7) is 7.10. The number of aliphatic hydroxyl groups excluding tert-OH is 1. The number of aromatic nitrogens is 2. The van der Waals surface area contributed by atoms with Crippen molar-refractivity contribution < 1.29 is 19.4 Å². The van der Waals surface area contributed by atoms with E-state index in [0.717, 1.165) is 16.9 Å². The molecule has 8 nitrogen and oxygen atoms in total. The summed E-state index contributed by atoms with van der Waals surface area (Å²) in [5, 5.41) is 10.9. The van der Waals surface area contributed by atoms with Crippen molar-refractivity contribution in [2.45, 2.75) is 46.1 Å². The van der Waals surface area contributed by atoms with Gasteiger partial charge < -0.3 is 19.6 Å². The molecular weight excluding hydrogens is 430 g/mol. The number of hydrogen-bond donors (Lipinski definition) is 2. The lowest BCUT2D eigenvalue weighted by Crippen LogP contribution is -2.39. The average molecular weight is 460 g/mol. The van der Waals surface area contributed by atoms with Gasteiger partial charge >= 0.3 is 5.97 Å². The molecule has 0 amide bonds. The molecular formula is C23H29N3O5S. The van der Waals surface area contributed by atoms with E-state index in [4.69, 9.17) is 9.47 Å². The molecule has 1 aromatic carbocycles. The van der Waals surface area contributed by atoms with E-state index in [9.17, 15) is 14.7 Å². The highest BCUT2D eigenvalue weighted by Gasteiger charge is 2.21. The van der Waals surface area contributed by atoms with E-state index in [1.807, 2.05) is 49.1 Å². The quantitative estimate of drug-likeness (QED) is 0.449. The molecule has 0 aliphatic heterocycles. The van der Waals surface area contributed by atoms with E-state index in [2.05, 4.69) is 9.97 Å². The summed E-state index contributed by atoms with van der Waals surface area (Å²) in [5.41, 5.74) is 1.33. The highest BCUT2D eigenvalue weighted by Crippen LogP contribution is 2.27. The molecule has 0 unspecified atom stereocenters. The number of rotatable bonds is 10. The highest BCUT2D eigenvalue weighted by atomic mass is 32.1. The van der Waals surface area contributed by atoms with Crippen molar-refractivity contribution in [1.29, 1.82) is 0 Å². The molecule has 0 fully saturated rings. The molecule has 9 heteroatoms. The van der Waals surface area contributed by atoms with Crippen LogP contribution in [0, 0.1) is 6.92 Å². The number of ether oxygens (including phenoxy) is 2. The normalized spacial score (nSPS) is 12.6. The van der Waals surface area contributed by atoms with Gasteiger partial charge in [0.1, 0.15) is 15.5 Å². The second-order valence-electron chi connectivity index (χ2n) is 7.92. The summed E-state index contributed by atoms with van der Waals surface area (Å²) in [6, 6.07) is 9.90. The van der Waals surface area contributed by atoms with Crippen molar-refractivity contribution in [1.82, 2.24) is 14.9 Å². The van der Waals surface area contributed by atoms with Gasteiger partial charge in [0.05, 0.1) is 38.4 Å². The van der Waals surface area contributed by atoms with Crippen molar-refractivity contribution in [3.05, 3.63) is 62.5 Å². The van der Waals surface area contributed by atoms with Crippen LogP contribution in [0.25, 0.3) is 10.2 Å². The first-order valence-electron chi connectivity index (χ1n) is 10.4. The first kappa shape index (κ1) is 24.1. The maximum Gasteiger partial charge on any atom is 0.348 e. The van der Waals surface area contributed by atoms with E-state index in [0.29, 0.717) is 46.2 Å². The lowest BCUT2D eigenvalue weighted by atomic mass is 10.2. The highest BCUT2D eigenvalue weighted by molar-refractivity contribution is 7.20. The lowest BCUT2D eigenvalue weighted by molar-refractivity contribution is 0.00267. The number of hydrogen-bond acceptors (Lipinski definition) is 8. The Morgan fingerprint density at radius 3 is 2.66 bits per heavy atom. The molecule has 0 saturated heterocycles. The summed E-state index contributed by atoms with van der Waals surface area (Å²) >= 11 is 1.15. The number of carbonyl (C=O) groups excluding carboxylic acids is 1. The van der Waals surface area contributed by atoms with E-state index in [1.165, 1.54) is 7.11 Å². The fourth-order valence-corrected chi connectivity index (χ4v) is 4.53. The van der Waals surface area contributed by atoms with E-state index >= 15 is 0 Å². The molecule has 2 aromatic heterocycles. The first-order valence-corrected chi connectivity index (χ1v) is 11.3. The van der Waals surface area contributed by atoms with Crippen LogP contribution in [0.2, 0.25) is 0 Å². The summed E-state index contributed by atoms with van der Waals surface area (Å²) in [5.74, 6) is 0.000140. The third-order valence-corrected chi connectivity index (χ3v) is 6.34. The third kappa shape index (κ3) is 5.80. The van der Waals surface area contributed by atoms with Gasteiger partial charge in [-0.3, -0.25) is 9.69 Å². The van der Waals surface area contributed by atoms with E-state index in [1.54, 1.807) is 6.92 Å². The zero-order valence-corrected chi connectivity index (χ0v) is 19.6. The molecule has 2 heterocycles. The third-order valence-electron chi connectivity index (χ3n) is 5.17. The number of esters is 1. The fourth-order valence-electron chi connectivity index (χ4n) is 3.41. The van der Waals surface area contributed by atoms with Crippen LogP contribution in [0.15, 0.2) is 35.1 Å². The predicted octanol–water partition coefficient (Wildman–Crippen LogP) is 2.87. The molecule has 0 bridgehead atoms.